The molecule has 0 bridgehead atoms. The van der Waals surface area contributed by atoms with Gasteiger partial charge in [-0.25, -0.2) is 0 Å². The van der Waals surface area contributed by atoms with Gasteiger partial charge in [0.15, 0.2) is 0 Å². The Hall–Kier alpha value is -0.350. The maximum Gasteiger partial charge on any atom is -0.0242 e. The molecule has 0 saturated heterocycles. The molecule has 11 heavy (non-hydrogen) atoms. The zero-order valence-electron chi connectivity index (χ0n) is 7.44. The van der Waals surface area contributed by atoms with Gasteiger partial charge in [0.2, 0.25) is 0 Å². The van der Waals surface area contributed by atoms with Crippen LogP contribution in [0.25, 0.3) is 0 Å². The molecule has 1 atom stereocenters. The molecule has 60 valence electrons. The molecule has 0 N–H and O–H groups in total. The highest BCUT2D eigenvalue weighted by Gasteiger charge is 1.95. The van der Waals surface area contributed by atoms with Crippen molar-refractivity contribution in [2.24, 2.45) is 0 Å². The van der Waals surface area contributed by atoms with Crippen molar-refractivity contribution in [1.29, 1.82) is 0 Å². The van der Waals surface area contributed by atoms with E-state index in [2.05, 4.69) is 38.7 Å². The number of hydrogen-bond acceptors (Lipinski definition) is 0. The zero-order chi connectivity index (χ0) is 8.27. The number of hydrogen-bond donors (Lipinski definition) is 0. The van der Waals surface area contributed by atoms with Crippen LogP contribution in [0, 0.1) is 6.92 Å². The highest BCUT2D eigenvalue weighted by atomic mass is 31.1. The molecular formula is C10H15P. The van der Waals surface area contributed by atoms with Crippen LogP contribution in [0.15, 0.2) is 18.2 Å². The van der Waals surface area contributed by atoms with Gasteiger partial charge in [-0.1, -0.05) is 33.7 Å². The second-order valence-corrected chi connectivity index (χ2v) is 3.79. The van der Waals surface area contributed by atoms with Crippen molar-refractivity contribution in [1.82, 2.24) is 0 Å². The van der Waals surface area contributed by atoms with E-state index in [9.17, 15) is 0 Å². The van der Waals surface area contributed by atoms with Crippen molar-refractivity contribution in [3.63, 3.8) is 0 Å². The fourth-order valence-corrected chi connectivity index (χ4v) is 1.97. The molecule has 0 nitrogen and oxygen atoms in total. The number of benzene rings is 1. The predicted molar refractivity (Wildman–Crippen MR) is 54.4 cm³/mol. The van der Waals surface area contributed by atoms with E-state index in [1.54, 1.807) is 0 Å². The molecule has 0 fully saturated rings. The number of rotatable bonds is 2. The van der Waals surface area contributed by atoms with E-state index in [-0.39, 0.29) is 0 Å². The fourth-order valence-electron chi connectivity index (χ4n) is 1.16. The minimum absolute atomic E-state index is 0.928. The third kappa shape index (κ3) is 2.04. The Labute approximate surface area is 70.8 Å². The van der Waals surface area contributed by atoms with Gasteiger partial charge in [0.1, 0.15) is 0 Å². The number of aryl methyl sites for hydroxylation is 2. The van der Waals surface area contributed by atoms with E-state index in [1.807, 2.05) is 0 Å². The first-order valence-corrected chi connectivity index (χ1v) is 5.55. The molecular weight excluding hydrogens is 151 g/mol. The second-order valence-electron chi connectivity index (χ2n) is 2.75. The summed E-state index contributed by atoms with van der Waals surface area (Å²) < 4.78 is 0. The van der Waals surface area contributed by atoms with Gasteiger partial charge in [-0.05, 0) is 36.4 Å². The van der Waals surface area contributed by atoms with Gasteiger partial charge in [-0.3, -0.25) is 0 Å². The lowest BCUT2D eigenvalue weighted by Crippen LogP contribution is -2.00. The Morgan fingerprint density at radius 2 is 2.09 bits per heavy atom. The Morgan fingerprint density at radius 1 is 1.36 bits per heavy atom. The summed E-state index contributed by atoms with van der Waals surface area (Å²) in [5, 5.41) is 1.52. The fraction of sp³-hybridized carbons (Fsp3) is 0.400. The maximum absolute atomic E-state index is 2.33. The van der Waals surface area contributed by atoms with Gasteiger partial charge in [0.25, 0.3) is 0 Å². The molecule has 1 heteroatoms. The molecule has 0 heterocycles. The SMILES string of the molecule is CCc1ccc(C)c(PC)c1. The minimum Gasteiger partial charge on any atom is -0.0933 e. The third-order valence-corrected chi connectivity index (χ3v) is 3.06. The summed E-state index contributed by atoms with van der Waals surface area (Å²) in [5.41, 5.74) is 2.89. The van der Waals surface area contributed by atoms with Crippen molar-refractivity contribution in [3.8, 4) is 0 Å². The van der Waals surface area contributed by atoms with Crippen LogP contribution in [0.4, 0.5) is 0 Å². The normalized spacial score (nSPS) is 11.2. The summed E-state index contributed by atoms with van der Waals surface area (Å²) in [5.74, 6) is 0. The van der Waals surface area contributed by atoms with Gasteiger partial charge < -0.3 is 0 Å². The Balaban J connectivity index is 3.02. The summed E-state index contributed by atoms with van der Waals surface area (Å²) in [7, 11) is 0.928. The van der Waals surface area contributed by atoms with Crippen molar-refractivity contribution in [2.75, 3.05) is 6.66 Å². The summed E-state index contributed by atoms with van der Waals surface area (Å²) in [4.78, 5) is 0. The standard InChI is InChI=1S/C10H15P/c1-4-9-6-5-8(2)10(7-9)11-3/h5-7,11H,4H2,1-3H3. The van der Waals surface area contributed by atoms with E-state index in [0.717, 1.165) is 15.0 Å². The van der Waals surface area contributed by atoms with Crippen LogP contribution in [-0.4, -0.2) is 6.66 Å². The lowest BCUT2D eigenvalue weighted by molar-refractivity contribution is 1.14. The van der Waals surface area contributed by atoms with Crippen molar-refractivity contribution >= 4 is 13.9 Å². The molecule has 0 aliphatic heterocycles. The summed E-state index contributed by atoms with van der Waals surface area (Å²) in [6, 6.07) is 6.78. The average Bonchev–Trinajstić information content (AvgIpc) is 2.05. The zero-order valence-corrected chi connectivity index (χ0v) is 8.44. The van der Waals surface area contributed by atoms with E-state index in [1.165, 1.54) is 16.4 Å². The van der Waals surface area contributed by atoms with E-state index < -0.39 is 0 Å². The lowest BCUT2D eigenvalue weighted by Gasteiger charge is -2.04. The molecule has 1 aromatic carbocycles. The van der Waals surface area contributed by atoms with Crippen molar-refractivity contribution < 1.29 is 0 Å². The third-order valence-electron chi connectivity index (χ3n) is 1.98. The average molecular weight is 166 g/mol. The summed E-state index contributed by atoms with van der Waals surface area (Å²) in [6.07, 6.45) is 1.15. The summed E-state index contributed by atoms with van der Waals surface area (Å²) >= 11 is 0. The van der Waals surface area contributed by atoms with Crippen LogP contribution in [0.5, 0.6) is 0 Å². The van der Waals surface area contributed by atoms with Crippen molar-refractivity contribution in [2.45, 2.75) is 20.3 Å². The molecule has 0 spiro atoms. The highest BCUT2D eigenvalue weighted by molar-refractivity contribution is 7.46. The van der Waals surface area contributed by atoms with Gasteiger partial charge in [0, 0.05) is 0 Å². The maximum atomic E-state index is 2.33. The molecule has 0 aliphatic carbocycles. The minimum atomic E-state index is 0.928. The molecule has 1 rings (SSSR count). The molecule has 0 aromatic heterocycles. The van der Waals surface area contributed by atoms with Crippen LogP contribution in [0.2, 0.25) is 0 Å². The molecule has 0 amide bonds. The van der Waals surface area contributed by atoms with Crippen molar-refractivity contribution in [3.05, 3.63) is 29.3 Å². The molecule has 1 unspecified atom stereocenters. The first-order chi connectivity index (χ1) is 5.27. The Kier molecular flexibility index (Phi) is 3.08. The second kappa shape index (κ2) is 3.88. The molecule has 0 radical (unpaired) electrons. The predicted octanol–water partition coefficient (Wildman–Crippen LogP) is 2.49. The van der Waals surface area contributed by atoms with Crippen LogP contribution >= 0.6 is 8.58 Å². The monoisotopic (exact) mass is 166 g/mol. The van der Waals surface area contributed by atoms with Crippen LogP contribution in [-0.2, 0) is 6.42 Å². The van der Waals surface area contributed by atoms with Crippen LogP contribution in [0.3, 0.4) is 0 Å². The van der Waals surface area contributed by atoms with Crippen LogP contribution < -0.4 is 5.30 Å². The first-order valence-electron chi connectivity index (χ1n) is 4.05. The van der Waals surface area contributed by atoms with Gasteiger partial charge in [-0.15, -0.1) is 0 Å². The quantitative estimate of drug-likeness (QED) is 0.592. The van der Waals surface area contributed by atoms with E-state index in [4.69, 9.17) is 0 Å². The van der Waals surface area contributed by atoms with E-state index >= 15 is 0 Å². The lowest BCUT2D eigenvalue weighted by atomic mass is 10.1. The van der Waals surface area contributed by atoms with Gasteiger partial charge in [-0.2, -0.15) is 0 Å². The van der Waals surface area contributed by atoms with Gasteiger partial charge >= 0.3 is 0 Å². The molecule has 0 saturated carbocycles. The molecule has 1 aromatic rings. The smallest absolute Gasteiger partial charge is 0.0242 e. The summed E-state index contributed by atoms with van der Waals surface area (Å²) in [6.45, 7) is 6.63. The Morgan fingerprint density at radius 3 is 2.64 bits per heavy atom. The Bertz CT molecular complexity index is 241. The topological polar surface area (TPSA) is 0 Å². The van der Waals surface area contributed by atoms with E-state index in [0.29, 0.717) is 0 Å². The molecule has 0 aliphatic rings. The first kappa shape index (κ1) is 8.74. The van der Waals surface area contributed by atoms with Gasteiger partial charge in [0.05, 0.1) is 0 Å². The van der Waals surface area contributed by atoms with Crippen LogP contribution in [0.1, 0.15) is 18.1 Å². The largest absolute Gasteiger partial charge is 0.0933 e. The highest BCUT2D eigenvalue weighted by Crippen LogP contribution is 2.10.